The number of nitrogens with zero attached hydrogens (tertiary/aromatic N) is 4. The summed E-state index contributed by atoms with van der Waals surface area (Å²) in [5.74, 6) is -1.54. The van der Waals surface area contributed by atoms with E-state index in [9.17, 15) is 29.8 Å². The lowest BCUT2D eigenvalue weighted by atomic mass is 10.1. The molecule has 2 aromatic carbocycles. The van der Waals surface area contributed by atoms with Crippen LogP contribution < -0.4 is 15.2 Å². The number of esters is 2. The smallest absolute Gasteiger partial charge is 0.326 e. The lowest BCUT2D eigenvalue weighted by molar-refractivity contribution is -0.383. The third kappa shape index (κ3) is 6.11. The average molecular weight is 537 g/mol. The number of pyridine rings is 2. The molecule has 0 spiro atoms. The molecule has 1 atom stereocenters. The molecule has 0 aliphatic heterocycles. The molecule has 15 heteroatoms. The molecule has 2 heterocycles. The van der Waals surface area contributed by atoms with Gasteiger partial charge in [0.05, 0.1) is 27.0 Å². The zero-order chi connectivity index (χ0) is 27.9. The third-order valence-electron chi connectivity index (χ3n) is 5.35. The minimum absolute atomic E-state index is 0.141. The van der Waals surface area contributed by atoms with Crippen LogP contribution in [0.4, 0.5) is 11.4 Å². The molecule has 0 fully saturated rings. The van der Waals surface area contributed by atoms with Gasteiger partial charge < -0.3 is 24.7 Å². The number of non-ortho nitro benzene ring substituents is 2. The number of hydrogen-bond donors (Lipinski definition) is 1. The van der Waals surface area contributed by atoms with Crippen molar-refractivity contribution in [1.82, 2.24) is 9.97 Å². The number of hydrogen-bond acceptors (Lipinski definition) is 13. The van der Waals surface area contributed by atoms with Crippen LogP contribution in [0.3, 0.4) is 0 Å². The highest BCUT2D eigenvalue weighted by molar-refractivity contribution is 5.93. The first-order chi connectivity index (χ1) is 18.8. The summed E-state index contributed by atoms with van der Waals surface area (Å²) in [7, 11) is 0. The van der Waals surface area contributed by atoms with Crippen molar-refractivity contribution in [2.24, 2.45) is 5.73 Å². The van der Waals surface area contributed by atoms with E-state index in [0.29, 0.717) is 0 Å². The number of fused-ring (bicyclic) bond motifs is 2. The van der Waals surface area contributed by atoms with Gasteiger partial charge in [-0.1, -0.05) is 0 Å². The quantitative estimate of drug-likeness (QED) is 0.126. The number of carbonyl (C=O) groups is 2. The minimum atomic E-state index is -1.38. The Balaban J connectivity index is 1.26. The Bertz CT molecular complexity index is 1580. The molecule has 0 saturated heterocycles. The first kappa shape index (κ1) is 26.6. The molecule has 2 aromatic heterocycles. The van der Waals surface area contributed by atoms with E-state index in [4.69, 9.17) is 24.7 Å². The van der Waals surface area contributed by atoms with Crippen LogP contribution in [-0.4, -0.2) is 51.4 Å². The fraction of sp³-hybridized carbons (Fsp3) is 0.167. The van der Waals surface area contributed by atoms with Crippen molar-refractivity contribution >= 4 is 45.1 Å². The van der Waals surface area contributed by atoms with Gasteiger partial charge >= 0.3 is 11.9 Å². The van der Waals surface area contributed by atoms with Crippen molar-refractivity contribution < 1.29 is 38.4 Å². The SMILES string of the molecule is NC(CC(=O)OCOc1ccc([N+](=O)[O-])c2cccnc12)C(=O)OCOc1ccc([N+](=O)[O-])c2cccnc12. The van der Waals surface area contributed by atoms with Gasteiger partial charge in [-0.3, -0.25) is 39.8 Å². The van der Waals surface area contributed by atoms with Crippen molar-refractivity contribution in [1.29, 1.82) is 0 Å². The maximum Gasteiger partial charge on any atom is 0.326 e. The number of nitro benzene ring substituents is 2. The highest BCUT2D eigenvalue weighted by atomic mass is 16.7. The molecule has 15 nitrogen and oxygen atoms in total. The highest BCUT2D eigenvalue weighted by Crippen LogP contribution is 2.32. The van der Waals surface area contributed by atoms with Crippen molar-refractivity contribution in [2.75, 3.05) is 13.6 Å². The molecular formula is C24H19N5O10. The van der Waals surface area contributed by atoms with E-state index in [1.807, 2.05) is 0 Å². The minimum Gasteiger partial charge on any atom is -0.455 e. The zero-order valence-electron chi connectivity index (χ0n) is 19.9. The number of rotatable bonds is 11. The van der Waals surface area contributed by atoms with E-state index in [1.54, 1.807) is 0 Å². The van der Waals surface area contributed by atoms with Crippen LogP contribution in [0.1, 0.15) is 6.42 Å². The molecule has 0 aliphatic carbocycles. The van der Waals surface area contributed by atoms with Crippen molar-refractivity contribution in [3.63, 3.8) is 0 Å². The molecule has 39 heavy (non-hydrogen) atoms. The summed E-state index contributed by atoms with van der Waals surface area (Å²) in [6.07, 6.45) is 2.32. The van der Waals surface area contributed by atoms with Crippen molar-refractivity contribution in [3.05, 3.63) is 81.2 Å². The Morgan fingerprint density at radius 2 is 1.28 bits per heavy atom. The summed E-state index contributed by atoms with van der Waals surface area (Å²) >= 11 is 0. The van der Waals surface area contributed by atoms with E-state index in [2.05, 4.69) is 9.97 Å². The molecule has 4 rings (SSSR count). The number of ether oxygens (including phenoxy) is 4. The van der Waals surface area contributed by atoms with Crippen LogP contribution in [0.5, 0.6) is 11.5 Å². The number of nitro groups is 2. The van der Waals surface area contributed by atoms with Crippen LogP contribution in [0.15, 0.2) is 60.9 Å². The van der Waals surface area contributed by atoms with Crippen LogP contribution in [0.25, 0.3) is 21.8 Å². The van der Waals surface area contributed by atoms with Gasteiger partial charge in [0.2, 0.25) is 13.6 Å². The van der Waals surface area contributed by atoms with E-state index in [-0.39, 0.29) is 44.7 Å². The van der Waals surface area contributed by atoms with Crippen LogP contribution in [0.2, 0.25) is 0 Å². The zero-order valence-corrected chi connectivity index (χ0v) is 19.9. The number of nitrogens with two attached hydrogens (primary N) is 1. The van der Waals surface area contributed by atoms with Gasteiger partial charge in [0.25, 0.3) is 11.4 Å². The first-order valence-corrected chi connectivity index (χ1v) is 11.1. The van der Waals surface area contributed by atoms with Crippen LogP contribution in [-0.2, 0) is 19.1 Å². The predicted molar refractivity (Wildman–Crippen MR) is 133 cm³/mol. The first-order valence-electron chi connectivity index (χ1n) is 11.1. The fourth-order valence-corrected chi connectivity index (χ4v) is 3.55. The topological polar surface area (TPSA) is 209 Å². The summed E-state index contributed by atoms with van der Waals surface area (Å²) < 4.78 is 20.6. The Hall–Kier alpha value is -5.44. The van der Waals surface area contributed by atoms with E-state index < -0.39 is 47.8 Å². The lowest BCUT2D eigenvalue weighted by Gasteiger charge is -2.13. The van der Waals surface area contributed by atoms with Gasteiger partial charge in [-0.05, 0) is 36.4 Å². The number of aromatic nitrogens is 2. The van der Waals surface area contributed by atoms with E-state index in [0.717, 1.165) is 0 Å². The summed E-state index contributed by atoms with van der Waals surface area (Å²) in [6.45, 7) is -1.15. The van der Waals surface area contributed by atoms with E-state index in [1.165, 1.54) is 60.9 Å². The van der Waals surface area contributed by atoms with Gasteiger partial charge in [-0.25, -0.2) is 0 Å². The molecule has 0 aliphatic rings. The van der Waals surface area contributed by atoms with Gasteiger partial charge in [0.15, 0.2) is 0 Å². The Morgan fingerprint density at radius 1 is 0.795 bits per heavy atom. The molecule has 200 valence electrons. The molecule has 0 amide bonds. The summed E-state index contributed by atoms with van der Waals surface area (Å²) in [6, 6.07) is 9.83. The maximum absolute atomic E-state index is 12.2. The normalized spacial score (nSPS) is 11.5. The van der Waals surface area contributed by atoms with Gasteiger partial charge in [-0.2, -0.15) is 0 Å². The Kier molecular flexibility index (Phi) is 8.01. The van der Waals surface area contributed by atoms with Gasteiger partial charge in [0, 0.05) is 24.5 Å². The molecule has 2 N–H and O–H groups in total. The second-order valence-corrected chi connectivity index (χ2v) is 7.79. The molecule has 4 aromatic rings. The second-order valence-electron chi connectivity index (χ2n) is 7.79. The predicted octanol–water partition coefficient (Wildman–Crippen LogP) is 2.78. The molecule has 0 bridgehead atoms. The fourth-order valence-electron chi connectivity index (χ4n) is 3.55. The lowest BCUT2D eigenvalue weighted by Crippen LogP contribution is -2.36. The summed E-state index contributed by atoms with van der Waals surface area (Å²) in [5, 5.41) is 22.9. The number of carbonyl (C=O) groups excluding carboxylic acids is 2. The standard InChI is InChI=1S/C24H19N5O10/c25-16(24(31)39-13-37-20-8-6-18(29(34)35)15-4-2-10-27-23(15)20)11-21(30)38-12-36-19-7-5-17(28(32)33)14-3-1-9-26-22(14)19/h1-10,16H,11-13,25H2. The summed E-state index contributed by atoms with van der Waals surface area (Å²) in [4.78, 5) is 53.7. The maximum atomic E-state index is 12.2. The number of benzene rings is 2. The average Bonchev–Trinajstić information content (AvgIpc) is 2.92. The van der Waals surface area contributed by atoms with Crippen molar-refractivity contribution in [2.45, 2.75) is 12.5 Å². The van der Waals surface area contributed by atoms with Crippen molar-refractivity contribution in [3.8, 4) is 11.5 Å². The molecule has 0 saturated carbocycles. The Labute approximate surface area is 218 Å². The molecular weight excluding hydrogens is 518 g/mol. The largest absolute Gasteiger partial charge is 0.455 e. The van der Waals surface area contributed by atoms with Crippen LogP contribution >= 0.6 is 0 Å². The second kappa shape index (κ2) is 11.7. The monoisotopic (exact) mass is 537 g/mol. The summed E-state index contributed by atoms with van der Waals surface area (Å²) in [5.41, 5.74) is 5.80. The Morgan fingerprint density at radius 3 is 1.77 bits per heavy atom. The van der Waals surface area contributed by atoms with Crippen LogP contribution in [0, 0.1) is 20.2 Å². The highest BCUT2D eigenvalue weighted by Gasteiger charge is 2.22. The van der Waals surface area contributed by atoms with Gasteiger partial charge in [0.1, 0.15) is 28.6 Å². The van der Waals surface area contributed by atoms with E-state index >= 15 is 0 Å². The molecule has 1 unspecified atom stereocenters. The third-order valence-corrected chi connectivity index (χ3v) is 5.35. The molecule has 0 radical (unpaired) electrons. The van der Waals surface area contributed by atoms with Gasteiger partial charge in [-0.15, -0.1) is 0 Å².